The summed E-state index contributed by atoms with van der Waals surface area (Å²) < 4.78 is 0. The molecule has 1 rings (SSSR count). The maximum absolute atomic E-state index is 9.21. The van der Waals surface area contributed by atoms with Crippen molar-refractivity contribution < 1.29 is 5.11 Å². The first-order valence-electron chi connectivity index (χ1n) is 5.38. The van der Waals surface area contributed by atoms with E-state index < -0.39 is 0 Å². The largest absolute Gasteiger partial charge is 0.393 e. The van der Waals surface area contributed by atoms with Crippen LogP contribution in [0.15, 0.2) is 0 Å². The molecule has 0 spiro atoms. The van der Waals surface area contributed by atoms with Gasteiger partial charge >= 0.3 is 0 Å². The van der Waals surface area contributed by atoms with E-state index in [1.54, 1.807) is 0 Å². The van der Waals surface area contributed by atoms with Gasteiger partial charge in [-0.1, -0.05) is 13.8 Å². The van der Waals surface area contributed by atoms with Gasteiger partial charge in [0.05, 0.1) is 6.10 Å². The van der Waals surface area contributed by atoms with Crippen molar-refractivity contribution in [3.05, 3.63) is 0 Å². The average Bonchev–Trinajstić information content (AvgIpc) is 2.20. The molecule has 1 aliphatic heterocycles. The summed E-state index contributed by atoms with van der Waals surface area (Å²) in [5, 5.41) is 12.3. The molecule has 1 saturated heterocycles. The van der Waals surface area contributed by atoms with Crippen LogP contribution in [0.5, 0.6) is 0 Å². The van der Waals surface area contributed by atoms with Gasteiger partial charge < -0.3 is 15.3 Å². The molecule has 0 aromatic heterocycles. The van der Waals surface area contributed by atoms with Crippen molar-refractivity contribution in [3.8, 4) is 0 Å². The first kappa shape index (κ1) is 12.9. The summed E-state index contributed by atoms with van der Waals surface area (Å²) in [6.45, 7) is 8.28. The first-order chi connectivity index (χ1) is 6.33. The molecular formula is C10H24N2O. The van der Waals surface area contributed by atoms with Gasteiger partial charge in [-0.15, -0.1) is 0 Å². The van der Waals surface area contributed by atoms with Gasteiger partial charge in [0, 0.05) is 26.2 Å². The standard InChI is InChI=1S/C8H18N2O.C2H6/c1-9-4-7-10-5-2-8(11)3-6-10;1-2/h8-9,11H,2-7H2,1H3;1-2H3. The number of likely N-dealkylation sites (N-methyl/N-ethyl adjacent to an activating group) is 1. The Morgan fingerprint density at radius 3 is 2.31 bits per heavy atom. The molecule has 13 heavy (non-hydrogen) atoms. The average molecular weight is 188 g/mol. The number of nitrogens with zero attached hydrogens (tertiary/aromatic N) is 1. The normalized spacial score (nSPS) is 19.4. The van der Waals surface area contributed by atoms with E-state index in [2.05, 4.69) is 10.2 Å². The van der Waals surface area contributed by atoms with Crippen molar-refractivity contribution in [1.82, 2.24) is 10.2 Å². The zero-order valence-corrected chi connectivity index (χ0v) is 9.21. The first-order valence-corrected chi connectivity index (χ1v) is 5.38. The molecule has 3 nitrogen and oxygen atoms in total. The highest BCUT2D eigenvalue weighted by atomic mass is 16.3. The summed E-state index contributed by atoms with van der Waals surface area (Å²) in [5.41, 5.74) is 0. The monoisotopic (exact) mass is 188 g/mol. The lowest BCUT2D eigenvalue weighted by atomic mass is 10.1. The maximum atomic E-state index is 9.21. The van der Waals surface area contributed by atoms with Gasteiger partial charge in [0.2, 0.25) is 0 Å². The molecule has 0 bridgehead atoms. The fourth-order valence-electron chi connectivity index (χ4n) is 1.41. The fourth-order valence-corrected chi connectivity index (χ4v) is 1.41. The fraction of sp³-hybridized carbons (Fsp3) is 1.00. The molecular weight excluding hydrogens is 164 g/mol. The van der Waals surface area contributed by atoms with Crippen LogP contribution in [0, 0.1) is 0 Å². The third kappa shape index (κ3) is 6.02. The molecule has 3 heteroatoms. The number of piperidine rings is 1. The quantitative estimate of drug-likeness (QED) is 0.684. The van der Waals surface area contributed by atoms with E-state index in [1.165, 1.54) is 0 Å². The zero-order valence-electron chi connectivity index (χ0n) is 9.21. The van der Waals surface area contributed by atoms with Gasteiger partial charge in [-0.3, -0.25) is 0 Å². The van der Waals surface area contributed by atoms with Crippen molar-refractivity contribution in [3.63, 3.8) is 0 Å². The van der Waals surface area contributed by atoms with Gasteiger partial charge in [-0.05, 0) is 19.9 Å². The number of aliphatic hydroxyl groups is 1. The molecule has 0 saturated carbocycles. The van der Waals surface area contributed by atoms with E-state index in [1.807, 2.05) is 20.9 Å². The Morgan fingerprint density at radius 1 is 1.31 bits per heavy atom. The summed E-state index contributed by atoms with van der Waals surface area (Å²) in [6.07, 6.45) is 1.86. The molecule has 0 aromatic rings. The number of likely N-dealkylation sites (tertiary alicyclic amines) is 1. The van der Waals surface area contributed by atoms with Crippen LogP contribution in [0.2, 0.25) is 0 Å². The third-order valence-corrected chi connectivity index (χ3v) is 2.24. The molecule has 1 fully saturated rings. The van der Waals surface area contributed by atoms with Crippen LogP contribution in [-0.2, 0) is 0 Å². The molecule has 0 atom stereocenters. The Bertz CT molecular complexity index is 98.3. The molecule has 2 N–H and O–H groups in total. The Kier molecular flexibility index (Phi) is 8.40. The number of hydrogen-bond acceptors (Lipinski definition) is 3. The number of hydrogen-bond donors (Lipinski definition) is 2. The molecule has 0 amide bonds. The lowest BCUT2D eigenvalue weighted by molar-refractivity contribution is 0.0833. The van der Waals surface area contributed by atoms with E-state index >= 15 is 0 Å². The molecule has 80 valence electrons. The highest BCUT2D eigenvalue weighted by molar-refractivity contribution is 4.70. The Hall–Kier alpha value is -0.120. The second-order valence-electron chi connectivity index (χ2n) is 3.18. The van der Waals surface area contributed by atoms with Crippen LogP contribution < -0.4 is 5.32 Å². The van der Waals surface area contributed by atoms with Crippen molar-refractivity contribution in [2.24, 2.45) is 0 Å². The predicted octanol–water partition coefficient (Wildman–Crippen LogP) is 0.689. The highest BCUT2D eigenvalue weighted by Crippen LogP contribution is 2.08. The van der Waals surface area contributed by atoms with Crippen molar-refractivity contribution >= 4 is 0 Å². The van der Waals surface area contributed by atoms with Crippen LogP contribution in [0.25, 0.3) is 0 Å². The molecule has 0 aliphatic carbocycles. The third-order valence-electron chi connectivity index (χ3n) is 2.24. The smallest absolute Gasteiger partial charge is 0.0564 e. The second-order valence-corrected chi connectivity index (χ2v) is 3.18. The number of aliphatic hydroxyl groups excluding tert-OH is 1. The Labute approximate surface area is 82.1 Å². The van der Waals surface area contributed by atoms with Gasteiger partial charge in [0.1, 0.15) is 0 Å². The van der Waals surface area contributed by atoms with Crippen LogP contribution in [0.4, 0.5) is 0 Å². The van der Waals surface area contributed by atoms with Crippen molar-refractivity contribution in [2.45, 2.75) is 32.8 Å². The van der Waals surface area contributed by atoms with E-state index in [0.717, 1.165) is 39.0 Å². The lowest BCUT2D eigenvalue weighted by Gasteiger charge is -2.29. The molecule has 0 unspecified atom stereocenters. The summed E-state index contributed by atoms with van der Waals surface area (Å²) >= 11 is 0. The minimum absolute atomic E-state index is 0.0409. The van der Waals surface area contributed by atoms with Gasteiger partial charge in [-0.25, -0.2) is 0 Å². The van der Waals surface area contributed by atoms with E-state index in [-0.39, 0.29) is 6.10 Å². The summed E-state index contributed by atoms with van der Waals surface area (Å²) in [5.74, 6) is 0. The SMILES string of the molecule is CC.CNCCN1CCC(O)CC1. The summed E-state index contributed by atoms with van der Waals surface area (Å²) in [7, 11) is 1.97. The Balaban J connectivity index is 0.000000671. The minimum atomic E-state index is -0.0409. The summed E-state index contributed by atoms with van der Waals surface area (Å²) in [6, 6.07) is 0. The Morgan fingerprint density at radius 2 is 1.85 bits per heavy atom. The predicted molar refractivity (Wildman–Crippen MR) is 57.0 cm³/mol. The molecule has 0 aromatic carbocycles. The topological polar surface area (TPSA) is 35.5 Å². The number of rotatable bonds is 3. The van der Waals surface area contributed by atoms with Crippen LogP contribution in [0.1, 0.15) is 26.7 Å². The lowest BCUT2D eigenvalue weighted by Crippen LogP contribution is -2.39. The van der Waals surface area contributed by atoms with Crippen LogP contribution in [0.3, 0.4) is 0 Å². The van der Waals surface area contributed by atoms with E-state index in [9.17, 15) is 5.11 Å². The van der Waals surface area contributed by atoms with Gasteiger partial charge in [0.25, 0.3) is 0 Å². The zero-order chi connectivity index (χ0) is 10.1. The maximum Gasteiger partial charge on any atom is 0.0564 e. The van der Waals surface area contributed by atoms with E-state index in [4.69, 9.17) is 0 Å². The van der Waals surface area contributed by atoms with Gasteiger partial charge in [-0.2, -0.15) is 0 Å². The molecule has 1 heterocycles. The van der Waals surface area contributed by atoms with Crippen LogP contribution in [-0.4, -0.2) is 49.3 Å². The van der Waals surface area contributed by atoms with E-state index in [0.29, 0.717) is 0 Å². The van der Waals surface area contributed by atoms with Crippen LogP contribution >= 0.6 is 0 Å². The highest BCUT2D eigenvalue weighted by Gasteiger charge is 2.15. The molecule has 0 radical (unpaired) electrons. The van der Waals surface area contributed by atoms with Crippen molar-refractivity contribution in [2.75, 3.05) is 33.2 Å². The summed E-state index contributed by atoms with van der Waals surface area (Å²) in [4.78, 5) is 2.39. The van der Waals surface area contributed by atoms with Gasteiger partial charge in [0.15, 0.2) is 0 Å². The number of nitrogens with one attached hydrogen (secondary N) is 1. The van der Waals surface area contributed by atoms with Crippen molar-refractivity contribution in [1.29, 1.82) is 0 Å². The minimum Gasteiger partial charge on any atom is -0.393 e. The second kappa shape index (κ2) is 8.48. The molecule has 1 aliphatic rings.